The van der Waals surface area contributed by atoms with Crippen LogP contribution in [0.2, 0.25) is 0 Å². The molecule has 1 aliphatic rings. The van der Waals surface area contributed by atoms with E-state index in [0.717, 1.165) is 6.42 Å². The van der Waals surface area contributed by atoms with Gasteiger partial charge in [-0.25, -0.2) is 9.07 Å². The van der Waals surface area contributed by atoms with Gasteiger partial charge in [0.25, 0.3) is 5.91 Å². The zero-order valence-electron chi connectivity index (χ0n) is 15.1. The zero-order valence-corrected chi connectivity index (χ0v) is 15.1. The van der Waals surface area contributed by atoms with Crippen molar-refractivity contribution in [2.75, 3.05) is 0 Å². The Labute approximate surface area is 151 Å². The normalized spacial score (nSPS) is 23.1. The molecule has 3 unspecified atom stereocenters. The fourth-order valence-corrected chi connectivity index (χ4v) is 3.70. The molecule has 3 rings (SSSR count). The first kappa shape index (κ1) is 18.1. The first-order valence-corrected chi connectivity index (χ1v) is 8.73. The highest BCUT2D eigenvalue weighted by atomic mass is 19.1. The molecule has 6 nitrogen and oxygen atoms in total. The summed E-state index contributed by atoms with van der Waals surface area (Å²) < 4.78 is 14.7. The van der Waals surface area contributed by atoms with Crippen molar-refractivity contribution in [2.45, 2.75) is 45.7 Å². The molecule has 2 amide bonds. The molecule has 1 aromatic carbocycles. The number of carbonyl (C=O) groups is 2. The lowest BCUT2D eigenvalue weighted by atomic mass is 9.85. The summed E-state index contributed by atoms with van der Waals surface area (Å²) in [5.74, 6) is -1.22. The van der Waals surface area contributed by atoms with Crippen LogP contribution in [0.25, 0.3) is 5.69 Å². The van der Waals surface area contributed by atoms with Gasteiger partial charge in [0, 0.05) is 18.3 Å². The molecular formula is C19H23FN4O2. The highest BCUT2D eigenvalue weighted by molar-refractivity contribution is 5.96. The van der Waals surface area contributed by atoms with Crippen LogP contribution in [-0.4, -0.2) is 38.6 Å². The molecule has 1 saturated heterocycles. The highest BCUT2D eigenvalue weighted by Gasteiger charge is 2.39. The van der Waals surface area contributed by atoms with E-state index in [1.807, 2.05) is 13.8 Å². The third kappa shape index (κ3) is 3.21. The van der Waals surface area contributed by atoms with Gasteiger partial charge in [0.2, 0.25) is 5.91 Å². The minimum Gasteiger partial charge on any atom is -0.369 e. The SMILES string of the molecule is Cc1nn(-c2ccc(F)cc2)cc1C(=O)N1C(C)CCC(C(N)=O)C1C. The Morgan fingerprint density at radius 3 is 2.46 bits per heavy atom. The molecule has 2 heterocycles. The summed E-state index contributed by atoms with van der Waals surface area (Å²) >= 11 is 0. The second kappa shape index (κ2) is 6.90. The molecule has 1 fully saturated rings. The summed E-state index contributed by atoms with van der Waals surface area (Å²) in [4.78, 5) is 26.6. The van der Waals surface area contributed by atoms with Crippen LogP contribution in [0.1, 0.15) is 42.7 Å². The molecule has 3 atom stereocenters. The molecular weight excluding hydrogens is 335 g/mol. The number of nitrogens with two attached hydrogens (primary N) is 1. The molecule has 26 heavy (non-hydrogen) atoms. The van der Waals surface area contributed by atoms with E-state index < -0.39 is 0 Å². The number of nitrogens with zero attached hydrogens (tertiary/aromatic N) is 3. The van der Waals surface area contributed by atoms with Crippen LogP contribution in [0.15, 0.2) is 30.5 Å². The number of primary amides is 1. The zero-order chi connectivity index (χ0) is 19.0. The fraction of sp³-hybridized carbons (Fsp3) is 0.421. The number of carbonyl (C=O) groups excluding carboxylic acids is 2. The standard InChI is InChI=1S/C19H23FN4O2/c1-11-4-9-16(18(21)25)13(3)24(11)19(26)17-10-23(22-12(17)2)15-7-5-14(20)6-8-15/h5-8,10-11,13,16H,4,9H2,1-3H3,(H2,21,25). The number of piperidine rings is 1. The van der Waals surface area contributed by atoms with Crippen LogP contribution in [0.4, 0.5) is 4.39 Å². The topological polar surface area (TPSA) is 81.2 Å². The van der Waals surface area contributed by atoms with Gasteiger partial charge in [-0.2, -0.15) is 5.10 Å². The van der Waals surface area contributed by atoms with E-state index in [1.54, 1.807) is 34.8 Å². The van der Waals surface area contributed by atoms with Gasteiger partial charge < -0.3 is 10.6 Å². The van der Waals surface area contributed by atoms with Crippen molar-refractivity contribution in [1.82, 2.24) is 14.7 Å². The van der Waals surface area contributed by atoms with Crippen molar-refractivity contribution in [3.05, 3.63) is 47.5 Å². The van der Waals surface area contributed by atoms with E-state index in [0.29, 0.717) is 23.4 Å². The lowest BCUT2D eigenvalue weighted by molar-refractivity contribution is -0.125. The van der Waals surface area contributed by atoms with Crippen LogP contribution >= 0.6 is 0 Å². The minimum absolute atomic E-state index is 0.0154. The second-order valence-electron chi connectivity index (χ2n) is 6.94. The van der Waals surface area contributed by atoms with Gasteiger partial charge >= 0.3 is 0 Å². The fourth-order valence-electron chi connectivity index (χ4n) is 3.70. The summed E-state index contributed by atoms with van der Waals surface area (Å²) in [5, 5.41) is 4.39. The van der Waals surface area contributed by atoms with E-state index in [9.17, 15) is 14.0 Å². The van der Waals surface area contributed by atoms with E-state index in [-0.39, 0.29) is 35.6 Å². The third-order valence-electron chi connectivity index (χ3n) is 5.21. The predicted octanol–water partition coefficient (Wildman–Crippen LogP) is 2.43. The number of rotatable bonds is 3. The quantitative estimate of drug-likeness (QED) is 0.915. The van der Waals surface area contributed by atoms with E-state index in [1.165, 1.54) is 12.1 Å². The summed E-state index contributed by atoms with van der Waals surface area (Å²) in [6.45, 7) is 5.60. The second-order valence-corrected chi connectivity index (χ2v) is 6.94. The van der Waals surface area contributed by atoms with Crippen molar-refractivity contribution >= 4 is 11.8 Å². The number of amides is 2. The summed E-state index contributed by atoms with van der Waals surface area (Å²) in [5.41, 5.74) is 7.23. The average molecular weight is 358 g/mol. The number of halogens is 1. The average Bonchev–Trinajstić information content (AvgIpc) is 2.97. The smallest absolute Gasteiger partial charge is 0.257 e. The summed E-state index contributed by atoms with van der Waals surface area (Å²) in [7, 11) is 0. The number of benzene rings is 1. The van der Waals surface area contributed by atoms with Gasteiger partial charge in [0.15, 0.2) is 0 Å². The van der Waals surface area contributed by atoms with Gasteiger partial charge in [-0.3, -0.25) is 9.59 Å². The lowest BCUT2D eigenvalue weighted by Gasteiger charge is -2.42. The molecule has 2 aromatic rings. The molecule has 2 N–H and O–H groups in total. The number of hydrogen-bond donors (Lipinski definition) is 1. The molecule has 0 spiro atoms. The maximum Gasteiger partial charge on any atom is 0.257 e. The Balaban J connectivity index is 1.92. The molecule has 0 bridgehead atoms. The largest absolute Gasteiger partial charge is 0.369 e. The van der Waals surface area contributed by atoms with Crippen molar-refractivity contribution < 1.29 is 14.0 Å². The molecule has 7 heteroatoms. The number of hydrogen-bond acceptors (Lipinski definition) is 3. The molecule has 138 valence electrons. The van der Waals surface area contributed by atoms with Crippen molar-refractivity contribution in [1.29, 1.82) is 0 Å². The Hall–Kier alpha value is -2.70. The highest BCUT2D eigenvalue weighted by Crippen LogP contribution is 2.30. The van der Waals surface area contributed by atoms with Crippen LogP contribution in [-0.2, 0) is 4.79 Å². The van der Waals surface area contributed by atoms with Crippen LogP contribution in [0, 0.1) is 18.7 Å². The molecule has 0 saturated carbocycles. The number of aromatic nitrogens is 2. The van der Waals surface area contributed by atoms with Crippen molar-refractivity contribution in [3.63, 3.8) is 0 Å². The van der Waals surface area contributed by atoms with Gasteiger partial charge in [-0.15, -0.1) is 0 Å². The van der Waals surface area contributed by atoms with E-state index >= 15 is 0 Å². The monoisotopic (exact) mass is 358 g/mol. The maximum atomic E-state index is 13.2. The van der Waals surface area contributed by atoms with Crippen LogP contribution in [0.5, 0.6) is 0 Å². The maximum absolute atomic E-state index is 13.2. The molecule has 0 radical (unpaired) electrons. The Bertz CT molecular complexity index is 831. The number of aryl methyl sites for hydroxylation is 1. The molecule has 1 aliphatic heterocycles. The summed E-state index contributed by atoms with van der Waals surface area (Å²) in [6.07, 6.45) is 3.07. The van der Waals surface area contributed by atoms with Crippen molar-refractivity contribution in [2.24, 2.45) is 11.7 Å². The minimum atomic E-state index is -0.374. The Morgan fingerprint density at radius 1 is 1.19 bits per heavy atom. The van der Waals surface area contributed by atoms with Gasteiger partial charge in [0.05, 0.1) is 22.9 Å². The first-order chi connectivity index (χ1) is 12.3. The predicted molar refractivity (Wildman–Crippen MR) is 95.3 cm³/mol. The Kier molecular flexibility index (Phi) is 4.80. The molecule has 1 aromatic heterocycles. The van der Waals surface area contributed by atoms with Crippen LogP contribution in [0.3, 0.4) is 0 Å². The van der Waals surface area contributed by atoms with Crippen molar-refractivity contribution in [3.8, 4) is 5.69 Å². The van der Waals surface area contributed by atoms with Gasteiger partial charge in [-0.1, -0.05) is 0 Å². The third-order valence-corrected chi connectivity index (χ3v) is 5.21. The van der Waals surface area contributed by atoms with Gasteiger partial charge in [0.1, 0.15) is 5.82 Å². The Morgan fingerprint density at radius 2 is 1.85 bits per heavy atom. The van der Waals surface area contributed by atoms with Crippen LogP contribution < -0.4 is 5.73 Å². The first-order valence-electron chi connectivity index (χ1n) is 8.73. The molecule has 0 aliphatic carbocycles. The van der Waals surface area contributed by atoms with E-state index in [2.05, 4.69) is 5.10 Å². The van der Waals surface area contributed by atoms with Gasteiger partial charge in [-0.05, 0) is 57.9 Å². The number of likely N-dealkylation sites (tertiary alicyclic amines) is 1. The summed E-state index contributed by atoms with van der Waals surface area (Å²) in [6, 6.07) is 5.65. The van der Waals surface area contributed by atoms with E-state index in [4.69, 9.17) is 5.73 Å². The lowest BCUT2D eigenvalue weighted by Crippen LogP contribution is -2.54.